The maximum absolute atomic E-state index is 11.4. The Bertz CT molecular complexity index is 294. The van der Waals surface area contributed by atoms with Crippen LogP contribution < -0.4 is 5.32 Å². The zero-order chi connectivity index (χ0) is 12.1. The molecule has 0 saturated carbocycles. The second-order valence-electron chi connectivity index (χ2n) is 4.68. The summed E-state index contributed by atoms with van der Waals surface area (Å²) in [6, 6.07) is 0.323. The van der Waals surface area contributed by atoms with Crippen LogP contribution in [0.2, 0.25) is 0 Å². The van der Waals surface area contributed by atoms with E-state index in [1.165, 1.54) is 6.26 Å². The van der Waals surface area contributed by atoms with E-state index < -0.39 is 14.6 Å². The van der Waals surface area contributed by atoms with Gasteiger partial charge in [0, 0.05) is 18.8 Å². The molecule has 0 radical (unpaired) electrons. The molecule has 1 N–H and O–H groups in total. The summed E-state index contributed by atoms with van der Waals surface area (Å²) in [5.41, 5.74) is 0. The first-order chi connectivity index (χ1) is 6.70. The normalized spacial score (nSPS) is 14.9. The first-order valence-electron chi connectivity index (χ1n) is 5.24. The lowest BCUT2D eigenvalue weighted by Gasteiger charge is -2.25. The van der Waals surface area contributed by atoms with Crippen molar-refractivity contribution in [2.24, 2.45) is 0 Å². The molecule has 0 bridgehead atoms. The minimum Gasteiger partial charge on any atom is -0.313 e. The van der Waals surface area contributed by atoms with E-state index in [9.17, 15) is 8.42 Å². The topological polar surface area (TPSA) is 46.2 Å². The van der Waals surface area contributed by atoms with E-state index in [0.29, 0.717) is 12.6 Å². The van der Waals surface area contributed by atoms with Crippen LogP contribution in [-0.4, -0.2) is 32.0 Å². The Morgan fingerprint density at radius 2 is 2.00 bits per heavy atom. The van der Waals surface area contributed by atoms with Crippen molar-refractivity contribution in [2.45, 2.75) is 44.4 Å². The molecule has 3 nitrogen and oxygen atoms in total. The predicted octanol–water partition coefficient (Wildman–Crippen LogP) is 1.75. The van der Waals surface area contributed by atoms with Gasteiger partial charge in [-0.3, -0.25) is 0 Å². The van der Waals surface area contributed by atoms with Gasteiger partial charge < -0.3 is 5.32 Å². The molecule has 1 atom stereocenters. The number of nitrogens with one attached hydrogen (secondary N) is 1. The van der Waals surface area contributed by atoms with Gasteiger partial charge in [0.1, 0.15) is 0 Å². The van der Waals surface area contributed by atoms with Gasteiger partial charge in [0.15, 0.2) is 9.84 Å². The van der Waals surface area contributed by atoms with Crippen molar-refractivity contribution in [2.75, 3.05) is 12.8 Å². The Kier molecular flexibility index (Phi) is 5.53. The fraction of sp³-hybridized carbons (Fsp3) is 0.818. The minimum atomic E-state index is -3.00. The van der Waals surface area contributed by atoms with Gasteiger partial charge in [-0.1, -0.05) is 6.08 Å². The van der Waals surface area contributed by atoms with Gasteiger partial charge in [0.25, 0.3) is 0 Å². The maximum Gasteiger partial charge on any atom is 0.153 e. The fourth-order valence-corrected chi connectivity index (χ4v) is 1.37. The van der Waals surface area contributed by atoms with E-state index in [0.717, 1.165) is 12.8 Å². The Morgan fingerprint density at radius 1 is 1.47 bits per heavy atom. The number of allylic oxidation sites excluding steroid dienone is 1. The molecule has 0 heterocycles. The number of rotatable bonds is 7. The Hall–Kier alpha value is -0.350. The monoisotopic (exact) mass is 233 g/mol. The first kappa shape index (κ1) is 14.6. The second kappa shape index (κ2) is 5.66. The van der Waals surface area contributed by atoms with Crippen LogP contribution in [0.4, 0.5) is 0 Å². The third-order valence-corrected chi connectivity index (χ3v) is 4.84. The SMILES string of the molecule is C=CCCC(C)NCC(C)(C)S(C)(=O)=O. The van der Waals surface area contributed by atoms with Gasteiger partial charge in [0.05, 0.1) is 4.75 Å². The minimum absolute atomic E-state index is 0.323. The molecule has 4 heteroatoms. The first-order valence-corrected chi connectivity index (χ1v) is 7.13. The zero-order valence-electron chi connectivity index (χ0n) is 10.2. The van der Waals surface area contributed by atoms with Crippen molar-refractivity contribution in [1.29, 1.82) is 0 Å². The number of hydrogen-bond donors (Lipinski definition) is 1. The van der Waals surface area contributed by atoms with Gasteiger partial charge >= 0.3 is 0 Å². The third kappa shape index (κ3) is 5.33. The molecule has 0 aliphatic rings. The molecular formula is C11H23NO2S. The van der Waals surface area contributed by atoms with E-state index >= 15 is 0 Å². The lowest BCUT2D eigenvalue weighted by atomic mass is 10.1. The summed E-state index contributed by atoms with van der Waals surface area (Å²) in [6.07, 6.45) is 5.10. The molecule has 0 aromatic rings. The Labute approximate surface area is 93.9 Å². The summed E-state index contributed by atoms with van der Waals surface area (Å²) >= 11 is 0. The van der Waals surface area contributed by atoms with Crippen molar-refractivity contribution in [3.63, 3.8) is 0 Å². The quantitative estimate of drug-likeness (QED) is 0.682. The van der Waals surface area contributed by atoms with Crippen molar-refractivity contribution in [3.05, 3.63) is 12.7 Å². The predicted molar refractivity (Wildman–Crippen MR) is 65.8 cm³/mol. The summed E-state index contributed by atoms with van der Waals surface area (Å²) in [7, 11) is -3.00. The standard InChI is InChI=1S/C11H23NO2S/c1-6-7-8-10(2)12-9-11(3,4)15(5,13)14/h6,10,12H,1,7-9H2,2-5H3. The van der Waals surface area contributed by atoms with E-state index in [1.807, 2.05) is 6.08 Å². The average Bonchev–Trinajstić information content (AvgIpc) is 2.09. The van der Waals surface area contributed by atoms with Gasteiger partial charge in [-0.15, -0.1) is 6.58 Å². The van der Waals surface area contributed by atoms with Crippen LogP contribution in [0.1, 0.15) is 33.6 Å². The van der Waals surface area contributed by atoms with Crippen molar-refractivity contribution in [1.82, 2.24) is 5.32 Å². The van der Waals surface area contributed by atoms with Crippen LogP contribution >= 0.6 is 0 Å². The van der Waals surface area contributed by atoms with Crippen molar-refractivity contribution in [3.8, 4) is 0 Å². The maximum atomic E-state index is 11.4. The third-order valence-electron chi connectivity index (χ3n) is 2.68. The van der Waals surface area contributed by atoms with E-state index in [1.54, 1.807) is 13.8 Å². The summed E-state index contributed by atoms with van der Waals surface area (Å²) in [6.45, 7) is 9.70. The van der Waals surface area contributed by atoms with E-state index in [-0.39, 0.29) is 0 Å². The van der Waals surface area contributed by atoms with Gasteiger partial charge in [0.2, 0.25) is 0 Å². The number of sulfone groups is 1. The Balaban J connectivity index is 4.10. The summed E-state index contributed by atoms with van der Waals surface area (Å²) in [4.78, 5) is 0. The lowest BCUT2D eigenvalue weighted by Crippen LogP contribution is -2.44. The number of hydrogen-bond acceptors (Lipinski definition) is 3. The zero-order valence-corrected chi connectivity index (χ0v) is 11.0. The lowest BCUT2D eigenvalue weighted by molar-refractivity contribution is 0.465. The molecule has 0 amide bonds. The molecule has 0 rings (SSSR count). The van der Waals surface area contributed by atoms with E-state index in [2.05, 4.69) is 18.8 Å². The van der Waals surface area contributed by atoms with Crippen molar-refractivity contribution >= 4 is 9.84 Å². The molecule has 15 heavy (non-hydrogen) atoms. The molecule has 0 saturated heterocycles. The molecule has 0 spiro atoms. The molecule has 1 unspecified atom stereocenters. The van der Waals surface area contributed by atoms with Gasteiger partial charge in [-0.25, -0.2) is 8.42 Å². The highest BCUT2D eigenvalue weighted by Gasteiger charge is 2.29. The average molecular weight is 233 g/mol. The summed E-state index contributed by atoms with van der Waals surface area (Å²) < 4.78 is 22.1. The fourth-order valence-electron chi connectivity index (χ4n) is 1.02. The molecule has 0 aliphatic heterocycles. The Morgan fingerprint density at radius 3 is 2.40 bits per heavy atom. The van der Waals surface area contributed by atoms with Gasteiger partial charge in [-0.05, 0) is 33.6 Å². The molecule has 0 aromatic heterocycles. The second-order valence-corrected chi connectivity index (χ2v) is 7.33. The van der Waals surface area contributed by atoms with E-state index in [4.69, 9.17) is 0 Å². The summed E-state index contributed by atoms with van der Waals surface area (Å²) in [5.74, 6) is 0. The molecule has 0 aliphatic carbocycles. The van der Waals surface area contributed by atoms with Crippen LogP contribution in [0.3, 0.4) is 0 Å². The highest BCUT2D eigenvalue weighted by molar-refractivity contribution is 7.92. The molecular weight excluding hydrogens is 210 g/mol. The highest BCUT2D eigenvalue weighted by Crippen LogP contribution is 2.14. The van der Waals surface area contributed by atoms with Crippen LogP contribution in [-0.2, 0) is 9.84 Å². The van der Waals surface area contributed by atoms with Crippen LogP contribution in [0.15, 0.2) is 12.7 Å². The van der Waals surface area contributed by atoms with Crippen LogP contribution in [0.25, 0.3) is 0 Å². The summed E-state index contributed by atoms with van der Waals surface area (Å²) in [5, 5.41) is 3.24. The highest BCUT2D eigenvalue weighted by atomic mass is 32.2. The van der Waals surface area contributed by atoms with Crippen molar-refractivity contribution < 1.29 is 8.42 Å². The smallest absolute Gasteiger partial charge is 0.153 e. The van der Waals surface area contributed by atoms with Gasteiger partial charge in [-0.2, -0.15) is 0 Å². The molecule has 0 aromatic carbocycles. The van der Waals surface area contributed by atoms with Crippen LogP contribution in [0.5, 0.6) is 0 Å². The molecule has 0 fully saturated rings. The molecule has 90 valence electrons. The largest absolute Gasteiger partial charge is 0.313 e. The van der Waals surface area contributed by atoms with Crippen LogP contribution in [0, 0.1) is 0 Å².